The van der Waals surface area contributed by atoms with E-state index in [-0.39, 0.29) is 5.69 Å². The third-order valence-electron chi connectivity index (χ3n) is 2.92. The van der Waals surface area contributed by atoms with E-state index in [1.807, 2.05) is 12.1 Å². The zero-order valence-electron chi connectivity index (χ0n) is 10.2. The molecule has 3 rings (SSSR count). The summed E-state index contributed by atoms with van der Waals surface area (Å²) in [5, 5.41) is 4.74. The molecule has 100 valence electrons. The fourth-order valence-electron chi connectivity index (χ4n) is 1.91. The average molecular weight is 291 g/mol. The molecule has 5 heteroatoms. The van der Waals surface area contributed by atoms with Crippen LogP contribution in [-0.4, -0.2) is 9.78 Å². The van der Waals surface area contributed by atoms with Crippen LogP contribution in [0, 0.1) is 11.6 Å². The topological polar surface area (TPSA) is 17.8 Å². The number of nitrogens with zero attached hydrogens (tertiary/aromatic N) is 2. The predicted molar refractivity (Wildman–Crippen MR) is 73.9 cm³/mol. The number of hydrogen-bond donors (Lipinski definition) is 0. The third kappa shape index (κ3) is 2.42. The van der Waals surface area contributed by atoms with Gasteiger partial charge in [0.25, 0.3) is 0 Å². The fraction of sp³-hybridized carbons (Fsp3) is 0. The molecule has 0 aliphatic heterocycles. The molecule has 2 aromatic carbocycles. The lowest BCUT2D eigenvalue weighted by molar-refractivity contribution is 0.573. The molecule has 0 spiro atoms. The molecule has 0 aliphatic rings. The molecule has 0 saturated carbocycles. The van der Waals surface area contributed by atoms with Gasteiger partial charge in [0.2, 0.25) is 0 Å². The highest BCUT2D eigenvalue weighted by Gasteiger charge is 2.08. The molecule has 0 aliphatic carbocycles. The predicted octanol–water partition coefficient (Wildman–Crippen LogP) is 4.47. The summed E-state index contributed by atoms with van der Waals surface area (Å²) in [5.74, 6) is -1.27. The number of benzene rings is 2. The Labute approximate surface area is 119 Å². The van der Waals surface area contributed by atoms with Crippen molar-refractivity contribution < 1.29 is 8.78 Å². The molecule has 2 nitrogen and oxygen atoms in total. The van der Waals surface area contributed by atoms with Gasteiger partial charge in [-0.2, -0.15) is 5.10 Å². The molecule has 0 N–H and O–H groups in total. The van der Waals surface area contributed by atoms with E-state index >= 15 is 0 Å². The molecule has 0 unspecified atom stereocenters. The van der Waals surface area contributed by atoms with Crippen molar-refractivity contribution in [2.75, 3.05) is 0 Å². The second-order valence-electron chi connectivity index (χ2n) is 4.28. The summed E-state index contributed by atoms with van der Waals surface area (Å²) in [6, 6.07) is 10.6. The molecule has 3 aromatic rings. The van der Waals surface area contributed by atoms with Crippen LogP contribution >= 0.6 is 11.6 Å². The highest BCUT2D eigenvalue weighted by Crippen LogP contribution is 2.23. The van der Waals surface area contributed by atoms with Crippen molar-refractivity contribution in [2.45, 2.75) is 0 Å². The van der Waals surface area contributed by atoms with Gasteiger partial charge < -0.3 is 0 Å². The highest BCUT2D eigenvalue weighted by molar-refractivity contribution is 6.30. The van der Waals surface area contributed by atoms with Crippen molar-refractivity contribution in [3.05, 3.63) is 71.5 Å². The van der Waals surface area contributed by atoms with Crippen LogP contribution in [0.2, 0.25) is 5.02 Å². The molecule has 0 bridgehead atoms. The van der Waals surface area contributed by atoms with E-state index in [2.05, 4.69) is 5.10 Å². The van der Waals surface area contributed by atoms with Crippen molar-refractivity contribution in [1.82, 2.24) is 9.78 Å². The minimum absolute atomic E-state index is 0.201. The first-order valence-corrected chi connectivity index (χ1v) is 6.27. The van der Waals surface area contributed by atoms with Crippen molar-refractivity contribution in [2.24, 2.45) is 0 Å². The number of rotatable bonds is 2. The molecule has 0 amide bonds. The second-order valence-corrected chi connectivity index (χ2v) is 4.71. The van der Waals surface area contributed by atoms with Gasteiger partial charge in [-0.25, -0.2) is 13.5 Å². The Kier molecular flexibility index (Phi) is 3.24. The maximum Gasteiger partial charge on any atom is 0.151 e. The van der Waals surface area contributed by atoms with Crippen molar-refractivity contribution >= 4 is 11.6 Å². The summed E-state index contributed by atoms with van der Waals surface area (Å²) in [7, 11) is 0. The zero-order valence-corrected chi connectivity index (χ0v) is 11.0. The molecule has 1 heterocycles. The standard InChI is InChI=1S/C15H9ClF2N2/c16-12-3-1-10(2-4-12)11-8-19-20(9-11)15-6-5-13(17)7-14(15)18/h1-9H. The Balaban J connectivity index is 1.99. The summed E-state index contributed by atoms with van der Waals surface area (Å²) in [6.45, 7) is 0. The minimum Gasteiger partial charge on any atom is -0.237 e. The molecule has 0 fully saturated rings. The molecular weight excluding hydrogens is 282 g/mol. The summed E-state index contributed by atoms with van der Waals surface area (Å²) >= 11 is 5.83. The molecule has 0 atom stereocenters. The van der Waals surface area contributed by atoms with Crippen LogP contribution in [0.3, 0.4) is 0 Å². The van der Waals surface area contributed by atoms with E-state index < -0.39 is 11.6 Å². The van der Waals surface area contributed by atoms with E-state index in [9.17, 15) is 8.78 Å². The van der Waals surface area contributed by atoms with E-state index in [1.54, 1.807) is 24.5 Å². The quantitative estimate of drug-likeness (QED) is 0.681. The highest BCUT2D eigenvalue weighted by atomic mass is 35.5. The van der Waals surface area contributed by atoms with Crippen LogP contribution in [0.15, 0.2) is 54.9 Å². The molecule has 1 aromatic heterocycles. The third-order valence-corrected chi connectivity index (χ3v) is 3.17. The van der Waals surface area contributed by atoms with Crippen molar-refractivity contribution in [3.63, 3.8) is 0 Å². The van der Waals surface area contributed by atoms with Gasteiger partial charge >= 0.3 is 0 Å². The number of aromatic nitrogens is 2. The first kappa shape index (κ1) is 12.8. The maximum atomic E-state index is 13.7. The largest absolute Gasteiger partial charge is 0.237 e. The monoisotopic (exact) mass is 290 g/mol. The summed E-state index contributed by atoms with van der Waals surface area (Å²) in [5.41, 5.74) is 1.94. The van der Waals surface area contributed by atoms with E-state index in [0.717, 1.165) is 17.2 Å². The zero-order chi connectivity index (χ0) is 14.1. The van der Waals surface area contributed by atoms with Gasteiger partial charge in [0.1, 0.15) is 11.5 Å². The lowest BCUT2D eigenvalue weighted by atomic mass is 10.1. The number of hydrogen-bond acceptors (Lipinski definition) is 1. The van der Waals surface area contributed by atoms with Crippen molar-refractivity contribution in [3.8, 4) is 16.8 Å². The second kappa shape index (κ2) is 5.06. The van der Waals surface area contributed by atoms with Crippen LogP contribution in [0.1, 0.15) is 0 Å². The van der Waals surface area contributed by atoms with Crippen LogP contribution in [-0.2, 0) is 0 Å². The first-order valence-electron chi connectivity index (χ1n) is 5.89. The smallest absolute Gasteiger partial charge is 0.151 e. The van der Waals surface area contributed by atoms with Crippen LogP contribution < -0.4 is 0 Å². The summed E-state index contributed by atoms with van der Waals surface area (Å²) < 4.78 is 27.9. The van der Waals surface area contributed by atoms with Gasteiger partial charge in [0, 0.05) is 22.8 Å². The summed E-state index contributed by atoms with van der Waals surface area (Å²) in [4.78, 5) is 0. The van der Waals surface area contributed by atoms with Crippen LogP contribution in [0.5, 0.6) is 0 Å². The Morgan fingerprint density at radius 3 is 2.40 bits per heavy atom. The first-order chi connectivity index (χ1) is 9.63. The Morgan fingerprint density at radius 2 is 1.70 bits per heavy atom. The molecule has 0 saturated heterocycles. The lowest BCUT2D eigenvalue weighted by Crippen LogP contribution is -1.98. The van der Waals surface area contributed by atoms with Gasteiger partial charge in [-0.15, -0.1) is 0 Å². The minimum atomic E-state index is -0.657. The molecule has 20 heavy (non-hydrogen) atoms. The van der Waals surface area contributed by atoms with Gasteiger partial charge in [-0.3, -0.25) is 0 Å². The Bertz CT molecular complexity index is 751. The van der Waals surface area contributed by atoms with Crippen LogP contribution in [0.4, 0.5) is 8.78 Å². The number of halogens is 3. The van der Waals surface area contributed by atoms with Crippen molar-refractivity contribution in [1.29, 1.82) is 0 Å². The van der Waals surface area contributed by atoms with Gasteiger partial charge in [-0.1, -0.05) is 23.7 Å². The van der Waals surface area contributed by atoms with Gasteiger partial charge in [-0.05, 0) is 29.8 Å². The lowest BCUT2D eigenvalue weighted by Gasteiger charge is -2.02. The van der Waals surface area contributed by atoms with Gasteiger partial charge in [0.15, 0.2) is 5.82 Å². The molecule has 0 radical (unpaired) electrons. The fourth-order valence-corrected chi connectivity index (χ4v) is 2.04. The Morgan fingerprint density at radius 1 is 0.950 bits per heavy atom. The van der Waals surface area contributed by atoms with E-state index in [0.29, 0.717) is 5.02 Å². The van der Waals surface area contributed by atoms with E-state index in [1.165, 1.54) is 16.8 Å². The molecular formula is C15H9ClF2N2. The summed E-state index contributed by atoms with van der Waals surface area (Å²) in [6.07, 6.45) is 3.30. The van der Waals surface area contributed by atoms with Crippen LogP contribution in [0.25, 0.3) is 16.8 Å². The Hall–Kier alpha value is -2.20. The van der Waals surface area contributed by atoms with E-state index in [4.69, 9.17) is 11.6 Å². The normalized spacial score (nSPS) is 10.8. The average Bonchev–Trinajstić information content (AvgIpc) is 2.89. The SMILES string of the molecule is Fc1ccc(-n2cc(-c3ccc(Cl)cc3)cn2)c(F)c1. The van der Waals surface area contributed by atoms with Gasteiger partial charge in [0.05, 0.1) is 6.20 Å². The maximum absolute atomic E-state index is 13.7.